The number of amides is 1. The summed E-state index contributed by atoms with van der Waals surface area (Å²) in [5.74, 6) is 0.237. The SMILES string of the molecule is O=C(N1CCC[C@@H](Cc2ccc3nccn3n2)CC1)C1(c2ccccc2F)CCOCC1. The van der Waals surface area contributed by atoms with Crippen LogP contribution in [0.15, 0.2) is 48.8 Å². The Bertz CT molecular complexity index is 1090. The molecule has 2 fully saturated rings. The molecule has 4 heterocycles. The molecule has 0 unspecified atom stereocenters. The second-order valence-electron chi connectivity index (χ2n) is 9.02. The highest BCUT2D eigenvalue weighted by Crippen LogP contribution is 2.39. The topological polar surface area (TPSA) is 59.7 Å². The van der Waals surface area contributed by atoms with Crippen LogP contribution >= 0.6 is 0 Å². The van der Waals surface area contributed by atoms with Crippen molar-refractivity contribution in [1.82, 2.24) is 19.5 Å². The molecular formula is C25H29FN4O2. The van der Waals surface area contributed by atoms with E-state index in [-0.39, 0.29) is 11.7 Å². The van der Waals surface area contributed by atoms with E-state index in [4.69, 9.17) is 4.74 Å². The number of ether oxygens (including phenoxy) is 1. The number of nitrogens with zero attached hydrogens (tertiary/aromatic N) is 4. The molecule has 2 aliphatic heterocycles. The van der Waals surface area contributed by atoms with Gasteiger partial charge in [-0.1, -0.05) is 18.2 Å². The van der Waals surface area contributed by atoms with Crippen LogP contribution in [0.4, 0.5) is 4.39 Å². The number of likely N-dealkylation sites (tertiary alicyclic amines) is 1. The summed E-state index contributed by atoms with van der Waals surface area (Å²) in [7, 11) is 0. The van der Waals surface area contributed by atoms with Gasteiger partial charge >= 0.3 is 0 Å². The van der Waals surface area contributed by atoms with E-state index in [1.54, 1.807) is 18.3 Å². The molecule has 1 atom stereocenters. The average Bonchev–Trinajstić information content (AvgIpc) is 3.17. The first-order valence-electron chi connectivity index (χ1n) is 11.6. The monoisotopic (exact) mass is 436 g/mol. The van der Waals surface area contributed by atoms with Gasteiger partial charge in [0.1, 0.15) is 5.82 Å². The summed E-state index contributed by atoms with van der Waals surface area (Å²) in [6.07, 6.45) is 8.51. The van der Waals surface area contributed by atoms with Crippen molar-refractivity contribution in [1.29, 1.82) is 0 Å². The first kappa shape index (κ1) is 21.1. The number of carbonyl (C=O) groups is 1. The molecule has 0 N–H and O–H groups in total. The van der Waals surface area contributed by atoms with Gasteiger partial charge in [-0.05, 0) is 62.6 Å². The third-order valence-corrected chi connectivity index (χ3v) is 7.09. The molecular weight excluding hydrogens is 407 g/mol. The smallest absolute Gasteiger partial charge is 0.233 e. The van der Waals surface area contributed by atoms with E-state index in [9.17, 15) is 9.18 Å². The van der Waals surface area contributed by atoms with E-state index in [2.05, 4.69) is 10.1 Å². The van der Waals surface area contributed by atoms with Crippen LogP contribution in [0, 0.1) is 11.7 Å². The summed E-state index contributed by atoms with van der Waals surface area (Å²) in [6, 6.07) is 10.8. The summed E-state index contributed by atoms with van der Waals surface area (Å²) in [5, 5.41) is 4.67. The second kappa shape index (κ2) is 8.98. The van der Waals surface area contributed by atoms with Crippen LogP contribution in [0.1, 0.15) is 43.4 Å². The van der Waals surface area contributed by atoms with Crippen molar-refractivity contribution in [2.75, 3.05) is 26.3 Å². The quantitative estimate of drug-likeness (QED) is 0.624. The molecule has 3 aromatic rings. The van der Waals surface area contributed by atoms with Crippen molar-refractivity contribution in [3.05, 3.63) is 65.9 Å². The molecule has 0 aliphatic carbocycles. The third-order valence-electron chi connectivity index (χ3n) is 7.09. The summed E-state index contributed by atoms with van der Waals surface area (Å²) in [6.45, 7) is 2.39. The lowest BCUT2D eigenvalue weighted by Crippen LogP contribution is -2.50. The van der Waals surface area contributed by atoms with Crippen molar-refractivity contribution in [2.45, 2.75) is 43.9 Å². The fourth-order valence-corrected chi connectivity index (χ4v) is 5.30. The molecule has 0 spiro atoms. The largest absolute Gasteiger partial charge is 0.381 e. The molecule has 5 rings (SSSR count). The number of benzene rings is 1. The molecule has 0 bridgehead atoms. The maximum absolute atomic E-state index is 14.8. The summed E-state index contributed by atoms with van der Waals surface area (Å²) < 4.78 is 22.2. The van der Waals surface area contributed by atoms with Gasteiger partial charge in [0.2, 0.25) is 5.91 Å². The highest BCUT2D eigenvalue weighted by molar-refractivity contribution is 5.88. The number of imidazole rings is 1. The lowest BCUT2D eigenvalue weighted by molar-refractivity contribution is -0.141. The molecule has 32 heavy (non-hydrogen) atoms. The normalized spacial score (nSPS) is 21.4. The molecule has 168 valence electrons. The molecule has 2 aromatic heterocycles. The lowest BCUT2D eigenvalue weighted by atomic mass is 9.72. The van der Waals surface area contributed by atoms with Crippen molar-refractivity contribution < 1.29 is 13.9 Å². The number of halogens is 1. The second-order valence-corrected chi connectivity index (χ2v) is 9.02. The van der Waals surface area contributed by atoms with Gasteiger partial charge in [-0.2, -0.15) is 5.10 Å². The molecule has 0 radical (unpaired) electrons. The summed E-state index contributed by atoms with van der Waals surface area (Å²) >= 11 is 0. The van der Waals surface area contributed by atoms with Crippen LogP contribution in [0.25, 0.3) is 5.65 Å². The van der Waals surface area contributed by atoms with Gasteiger partial charge in [-0.3, -0.25) is 4.79 Å². The van der Waals surface area contributed by atoms with Gasteiger partial charge in [0, 0.05) is 44.3 Å². The van der Waals surface area contributed by atoms with Crippen LogP contribution < -0.4 is 0 Å². The van der Waals surface area contributed by atoms with Crippen LogP contribution in [0.5, 0.6) is 0 Å². The Morgan fingerprint density at radius 2 is 1.97 bits per heavy atom. The number of rotatable bonds is 4. The fraction of sp³-hybridized carbons (Fsp3) is 0.480. The van der Waals surface area contributed by atoms with Crippen LogP contribution in [-0.2, 0) is 21.4 Å². The molecule has 7 heteroatoms. The number of fused-ring (bicyclic) bond motifs is 1. The highest BCUT2D eigenvalue weighted by atomic mass is 19.1. The number of hydrogen-bond acceptors (Lipinski definition) is 4. The number of aromatic nitrogens is 3. The summed E-state index contributed by atoms with van der Waals surface area (Å²) in [4.78, 5) is 20.1. The molecule has 2 saturated heterocycles. The van der Waals surface area contributed by atoms with Gasteiger partial charge in [0.05, 0.1) is 11.1 Å². The van der Waals surface area contributed by atoms with E-state index >= 15 is 0 Å². The summed E-state index contributed by atoms with van der Waals surface area (Å²) in [5.41, 5.74) is 1.60. The van der Waals surface area contributed by atoms with Crippen molar-refractivity contribution >= 4 is 11.6 Å². The average molecular weight is 437 g/mol. The predicted octanol–water partition coefficient (Wildman–Crippen LogP) is 3.79. The maximum Gasteiger partial charge on any atom is 0.233 e. The predicted molar refractivity (Wildman–Crippen MR) is 119 cm³/mol. The minimum atomic E-state index is -0.822. The van der Waals surface area contributed by atoms with Crippen molar-refractivity contribution in [3.8, 4) is 0 Å². The Morgan fingerprint density at radius 3 is 2.81 bits per heavy atom. The van der Waals surface area contributed by atoms with Gasteiger partial charge in [-0.15, -0.1) is 0 Å². The van der Waals surface area contributed by atoms with Gasteiger partial charge in [0.25, 0.3) is 0 Å². The number of hydrogen-bond donors (Lipinski definition) is 0. The minimum Gasteiger partial charge on any atom is -0.381 e. The van der Waals surface area contributed by atoms with Gasteiger partial charge < -0.3 is 9.64 Å². The molecule has 2 aliphatic rings. The zero-order chi connectivity index (χ0) is 22.0. The van der Waals surface area contributed by atoms with Crippen molar-refractivity contribution in [2.24, 2.45) is 5.92 Å². The Labute approximate surface area is 187 Å². The van der Waals surface area contributed by atoms with Crippen LogP contribution in [0.2, 0.25) is 0 Å². The highest BCUT2D eigenvalue weighted by Gasteiger charge is 2.45. The molecule has 0 saturated carbocycles. The van der Waals surface area contributed by atoms with E-state index in [1.165, 1.54) is 6.07 Å². The molecule has 1 aromatic carbocycles. The fourth-order valence-electron chi connectivity index (χ4n) is 5.30. The zero-order valence-corrected chi connectivity index (χ0v) is 18.3. The Hall–Kier alpha value is -2.80. The molecule has 1 amide bonds. The van der Waals surface area contributed by atoms with Gasteiger partial charge in [-0.25, -0.2) is 13.9 Å². The van der Waals surface area contributed by atoms with Crippen molar-refractivity contribution in [3.63, 3.8) is 0 Å². The van der Waals surface area contributed by atoms with E-state index in [0.29, 0.717) is 44.1 Å². The van der Waals surface area contributed by atoms with Gasteiger partial charge in [0.15, 0.2) is 5.65 Å². The first-order valence-corrected chi connectivity index (χ1v) is 11.6. The van der Waals surface area contributed by atoms with E-state index in [1.807, 2.05) is 33.8 Å². The Balaban J connectivity index is 1.31. The third kappa shape index (κ3) is 4.01. The Morgan fingerprint density at radius 1 is 1.12 bits per heavy atom. The lowest BCUT2D eigenvalue weighted by Gasteiger charge is -2.40. The molecule has 6 nitrogen and oxygen atoms in total. The van der Waals surface area contributed by atoms with Crippen LogP contribution in [-0.4, -0.2) is 51.7 Å². The zero-order valence-electron chi connectivity index (χ0n) is 18.3. The minimum absolute atomic E-state index is 0.0597. The maximum atomic E-state index is 14.8. The number of carbonyl (C=O) groups excluding carboxylic acids is 1. The Kier molecular flexibility index (Phi) is 5.91. The van der Waals surface area contributed by atoms with Crippen LogP contribution in [0.3, 0.4) is 0 Å². The first-order chi connectivity index (χ1) is 15.7. The standard InChI is InChI=1S/C25H29FN4O2/c26-22-6-2-1-5-21(22)25(10-16-32-17-11-25)24(31)29-13-3-4-19(9-14-29)18-20-7-8-23-27-12-15-30(23)28-20/h1-2,5-8,12,15,19H,3-4,9-11,13-14,16-18H2/t19-/m1/s1. The van der Waals surface area contributed by atoms with E-state index < -0.39 is 5.41 Å². The van der Waals surface area contributed by atoms with E-state index in [0.717, 1.165) is 43.6 Å².